The number of unbranched alkanes of at least 4 members (excludes halogenated alkanes) is 2. The summed E-state index contributed by atoms with van der Waals surface area (Å²) in [6.45, 7) is 0.628. The van der Waals surface area contributed by atoms with Crippen molar-refractivity contribution in [1.82, 2.24) is 9.55 Å². The largest absolute Gasteiger partial charge is 0.474 e. The molecule has 0 fully saturated rings. The van der Waals surface area contributed by atoms with Gasteiger partial charge < -0.3 is 19.9 Å². The van der Waals surface area contributed by atoms with Gasteiger partial charge in [-0.2, -0.15) is 0 Å². The molecule has 3 aromatic rings. The molecular weight excluding hydrogens is 390 g/mol. The molecule has 1 amide bonds. The summed E-state index contributed by atoms with van der Waals surface area (Å²) in [4.78, 5) is 19.6. The number of fused-ring (bicyclic) bond motifs is 1. The number of aryl methyl sites for hydroxylation is 2. The van der Waals surface area contributed by atoms with Crippen LogP contribution in [0, 0.1) is 5.41 Å². The minimum absolute atomic E-state index is 0.0323. The summed E-state index contributed by atoms with van der Waals surface area (Å²) >= 11 is 0. The van der Waals surface area contributed by atoms with Crippen molar-refractivity contribution in [2.45, 2.75) is 31.8 Å². The van der Waals surface area contributed by atoms with Crippen molar-refractivity contribution in [2.75, 3.05) is 11.4 Å². The van der Waals surface area contributed by atoms with Crippen molar-refractivity contribution in [3.63, 3.8) is 0 Å². The van der Waals surface area contributed by atoms with Crippen molar-refractivity contribution in [1.29, 1.82) is 5.41 Å². The monoisotopic (exact) mass is 417 g/mol. The molecule has 1 atom stereocenters. The highest BCUT2D eigenvalue weighted by Gasteiger charge is 2.35. The second kappa shape index (κ2) is 9.04. The average molecular weight is 418 g/mol. The van der Waals surface area contributed by atoms with Gasteiger partial charge in [0.15, 0.2) is 0 Å². The smallest absolute Gasteiger partial charge is 0.272 e. The Morgan fingerprint density at radius 2 is 2.00 bits per heavy atom. The van der Waals surface area contributed by atoms with Crippen LogP contribution in [-0.2, 0) is 18.3 Å². The minimum atomic E-state index is -0.748. The number of rotatable bonds is 8. The lowest BCUT2D eigenvalue weighted by Crippen LogP contribution is -2.41. The van der Waals surface area contributed by atoms with Crippen molar-refractivity contribution in [2.24, 2.45) is 12.8 Å². The van der Waals surface area contributed by atoms with E-state index in [0.29, 0.717) is 23.4 Å². The number of nitrogens with one attached hydrogen (secondary N) is 1. The molecule has 0 saturated heterocycles. The summed E-state index contributed by atoms with van der Waals surface area (Å²) < 4.78 is 8.11. The highest BCUT2D eigenvalue weighted by molar-refractivity contribution is 6.01. The molecule has 0 aliphatic carbocycles. The maximum absolute atomic E-state index is 13.4. The zero-order valence-corrected chi connectivity index (χ0v) is 17.6. The zero-order valence-electron chi connectivity index (χ0n) is 17.6. The number of ether oxygens (including phenoxy) is 1. The van der Waals surface area contributed by atoms with Gasteiger partial charge in [-0.1, -0.05) is 36.8 Å². The predicted molar refractivity (Wildman–Crippen MR) is 120 cm³/mol. The molecule has 31 heavy (non-hydrogen) atoms. The number of nitrogens with two attached hydrogens (primary N) is 1. The van der Waals surface area contributed by atoms with E-state index in [9.17, 15) is 4.79 Å². The van der Waals surface area contributed by atoms with Gasteiger partial charge in [-0.05, 0) is 31.0 Å². The summed E-state index contributed by atoms with van der Waals surface area (Å²) in [5, 5.41) is 7.68. The zero-order chi connectivity index (χ0) is 21.8. The molecule has 0 radical (unpaired) electrons. The molecule has 2 heterocycles. The maximum atomic E-state index is 13.4. The Hall–Kier alpha value is -3.61. The van der Waals surface area contributed by atoms with Gasteiger partial charge in [-0.3, -0.25) is 10.2 Å². The number of amides is 1. The second-order valence-corrected chi connectivity index (χ2v) is 7.76. The molecule has 7 nitrogen and oxygen atoms in total. The normalized spacial score (nSPS) is 15.5. The number of hydrogen-bond donors (Lipinski definition) is 2. The molecule has 1 aliphatic heterocycles. The lowest BCUT2D eigenvalue weighted by molar-refractivity contribution is -0.126. The third-order valence-corrected chi connectivity index (χ3v) is 5.59. The fourth-order valence-corrected chi connectivity index (χ4v) is 3.90. The van der Waals surface area contributed by atoms with Crippen LogP contribution in [0.5, 0.6) is 5.75 Å². The fourth-order valence-electron chi connectivity index (χ4n) is 3.90. The molecule has 0 saturated carbocycles. The number of benzene rings is 2. The van der Waals surface area contributed by atoms with E-state index in [1.54, 1.807) is 18.2 Å². The molecule has 160 valence electrons. The van der Waals surface area contributed by atoms with Crippen molar-refractivity contribution >= 4 is 17.4 Å². The Bertz CT molecular complexity index is 1090. The number of carbonyl (C=O) groups excluding carboxylic acids is 1. The van der Waals surface area contributed by atoms with Crippen molar-refractivity contribution < 1.29 is 9.53 Å². The number of para-hydroxylation sites is 2. The summed E-state index contributed by atoms with van der Waals surface area (Å²) in [5.74, 6) is 1.64. The van der Waals surface area contributed by atoms with E-state index in [2.05, 4.69) is 4.98 Å². The van der Waals surface area contributed by atoms with E-state index < -0.39 is 6.10 Å². The average Bonchev–Trinajstić information content (AvgIpc) is 3.19. The number of aromatic nitrogens is 2. The van der Waals surface area contributed by atoms with Gasteiger partial charge >= 0.3 is 0 Å². The minimum Gasteiger partial charge on any atom is -0.474 e. The predicted octanol–water partition coefficient (Wildman–Crippen LogP) is 3.58. The molecule has 3 N–H and O–H groups in total. The van der Waals surface area contributed by atoms with Gasteiger partial charge in [0, 0.05) is 43.5 Å². The van der Waals surface area contributed by atoms with Crippen molar-refractivity contribution in [3.8, 4) is 5.75 Å². The van der Waals surface area contributed by atoms with E-state index in [4.69, 9.17) is 15.9 Å². The first-order valence-corrected chi connectivity index (χ1v) is 10.5. The van der Waals surface area contributed by atoms with Crippen LogP contribution >= 0.6 is 0 Å². The summed E-state index contributed by atoms with van der Waals surface area (Å²) in [6, 6.07) is 14.8. The Morgan fingerprint density at radius 3 is 2.77 bits per heavy atom. The Balaban J connectivity index is 1.47. The molecule has 1 aromatic heterocycles. The molecular formula is C24H27N5O2. The van der Waals surface area contributed by atoms with Gasteiger partial charge in [0.25, 0.3) is 5.91 Å². The first-order valence-electron chi connectivity index (χ1n) is 10.5. The molecule has 7 heteroatoms. The third kappa shape index (κ3) is 4.45. The topological polar surface area (TPSA) is 97.2 Å². The molecule has 1 aliphatic rings. The van der Waals surface area contributed by atoms with Gasteiger partial charge in [-0.15, -0.1) is 0 Å². The summed E-state index contributed by atoms with van der Waals surface area (Å²) in [6.07, 6.45) is 6.88. The van der Waals surface area contributed by atoms with Crippen LogP contribution in [0.2, 0.25) is 0 Å². The van der Waals surface area contributed by atoms with Crippen LogP contribution in [-0.4, -0.2) is 27.8 Å². The number of nitrogens with zero attached hydrogens (tertiary/aromatic N) is 3. The Kier molecular flexibility index (Phi) is 6.02. The van der Waals surface area contributed by atoms with Crippen LogP contribution < -0.4 is 15.4 Å². The highest BCUT2D eigenvalue weighted by Crippen LogP contribution is 2.39. The number of hydrogen-bond acceptors (Lipinski definition) is 4. The van der Waals surface area contributed by atoms with Gasteiger partial charge in [-0.25, -0.2) is 4.98 Å². The Labute approximate surface area is 182 Å². The van der Waals surface area contributed by atoms with Gasteiger partial charge in [0.05, 0.1) is 5.69 Å². The van der Waals surface area contributed by atoms with Gasteiger partial charge in [0.2, 0.25) is 6.10 Å². The van der Waals surface area contributed by atoms with Gasteiger partial charge in [0.1, 0.15) is 17.4 Å². The summed E-state index contributed by atoms with van der Waals surface area (Å²) in [7, 11) is 2.01. The van der Waals surface area contributed by atoms with Crippen LogP contribution in [0.25, 0.3) is 0 Å². The lowest BCUT2D eigenvalue weighted by atomic mass is 10.0. The fraction of sp³-hybridized carbons (Fsp3) is 0.292. The van der Waals surface area contributed by atoms with Crippen molar-refractivity contribution in [3.05, 3.63) is 77.9 Å². The van der Waals surface area contributed by atoms with E-state index in [-0.39, 0.29) is 11.7 Å². The first kappa shape index (κ1) is 20.7. The summed E-state index contributed by atoms with van der Waals surface area (Å²) in [5.41, 5.74) is 7.71. The molecule has 4 rings (SSSR count). The van der Waals surface area contributed by atoms with Crippen LogP contribution in [0.4, 0.5) is 5.69 Å². The van der Waals surface area contributed by atoms with Crippen LogP contribution in [0.1, 0.15) is 42.3 Å². The highest BCUT2D eigenvalue weighted by atomic mass is 16.5. The van der Waals surface area contributed by atoms with Crippen LogP contribution in [0.3, 0.4) is 0 Å². The number of imidazole rings is 1. The SMILES string of the molecule is Cn1ccnc1CCCCCN1C(=O)C(c2cccc(C(=N)N)c2)Oc2ccccc21. The molecule has 0 bridgehead atoms. The number of amidine groups is 1. The lowest BCUT2D eigenvalue weighted by Gasteiger charge is -2.34. The molecule has 1 unspecified atom stereocenters. The van der Waals surface area contributed by atoms with E-state index in [1.807, 2.05) is 59.2 Å². The first-order chi connectivity index (χ1) is 15.0. The van der Waals surface area contributed by atoms with Crippen LogP contribution in [0.15, 0.2) is 60.9 Å². The number of nitrogen functional groups attached to an aromatic ring is 1. The second-order valence-electron chi connectivity index (χ2n) is 7.76. The Morgan fingerprint density at radius 1 is 1.16 bits per heavy atom. The molecule has 0 spiro atoms. The quantitative estimate of drug-likeness (QED) is 0.333. The molecule has 2 aromatic carbocycles. The third-order valence-electron chi connectivity index (χ3n) is 5.59. The van der Waals surface area contributed by atoms with E-state index in [1.165, 1.54) is 0 Å². The standard InChI is InChI=1S/C24H27N5O2/c1-28-15-13-27-21(28)12-3-2-6-14-29-19-10-4-5-11-20(19)31-22(24(29)30)17-8-7-9-18(16-17)23(25)26/h4-5,7-11,13,15-16,22H,2-3,6,12,14H2,1H3,(H3,25,26). The van der Waals surface area contributed by atoms with E-state index in [0.717, 1.165) is 37.2 Å². The van der Waals surface area contributed by atoms with E-state index >= 15 is 0 Å². The number of anilines is 1. The number of carbonyl (C=O) groups is 1. The maximum Gasteiger partial charge on any atom is 0.272 e.